The van der Waals surface area contributed by atoms with E-state index in [4.69, 9.17) is 16.0 Å². The standard InChI is InChI=1S/C19H16ClN3O2S/c1-26-15-9-6-13(7-10-15)12-18-22-23-19(25-18)21-17(24)11-8-14-4-2-3-5-16(14)20/h2-11H,12H2,1H3,(H,21,23,24). The first kappa shape index (κ1) is 18.2. The van der Waals surface area contributed by atoms with E-state index in [1.54, 1.807) is 23.9 Å². The first-order chi connectivity index (χ1) is 12.6. The van der Waals surface area contributed by atoms with Gasteiger partial charge in [-0.05, 0) is 41.7 Å². The number of benzene rings is 2. The molecule has 0 spiro atoms. The molecule has 1 heterocycles. The monoisotopic (exact) mass is 385 g/mol. The van der Waals surface area contributed by atoms with Gasteiger partial charge in [0, 0.05) is 16.0 Å². The van der Waals surface area contributed by atoms with Crippen molar-refractivity contribution in [2.24, 2.45) is 0 Å². The number of hydrogen-bond donors (Lipinski definition) is 1. The molecule has 0 unspecified atom stereocenters. The lowest BCUT2D eigenvalue weighted by Gasteiger charge is -1.99. The van der Waals surface area contributed by atoms with E-state index in [-0.39, 0.29) is 11.9 Å². The van der Waals surface area contributed by atoms with Gasteiger partial charge in [-0.25, -0.2) is 0 Å². The summed E-state index contributed by atoms with van der Waals surface area (Å²) in [6.45, 7) is 0. The van der Waals surface area contributed by atoms with Gasteiger partial charge in [0.1, 0.15) is 0 Å². The van der Waals surface area contributed by atoms with Crippen LogP contribution in [0.5, 0.6) is 0 Å². The number of carbonyl (C=O) groups excluding carboxylic acids is 1. The number of rotatable bonds is 6. The third-order valence-corrected chi connectivity index (χ3v) is 4.62. The van der Waals surface area contributed by atoms with Crippen molar-refractivity contribution in [2.45, 2.75) is 11.3 Å². The molecule has 0 atom stereocenters. The highest BCUT2D eigenvalue weighted by atomic mass is 35.5. The highest BCUT2D eigenvalue weighted by molar-refractivity contribution is 7.98. The van der Waals surface area contributed by atoms with Crippen LogP contribution in [0.3, 0.4) is 0 Å². The Kier molecular flexibility index (Phi) is 6.09. The van der Waals surface area contributed by atoms with Crippen molar-refractivity contribution in [1.82, 2.24) is 10.2 Å². The largest absolute Gasteiger partial charge is 0.407 e. The molecule has 0 aliphatic rings. The Morgan fingerprint density at radius 3 is 2.69 bits per heavy atom. The van der Waals surface area contributed by atoms with E-state index in [9.17, 15) is 4.79 Å². The third-order valence-electron chi connectivity index (χ3n) is 3.53. The Labute approximate surface area is 160 Å². The summed E-state index contributed by atoms with van der Waals surface area (Å²) < 4.78 is 5.47. The molecular weight excluding hydrogens is 370 g/mol. The van der Waals surface area contributed by atoms with Gasteiger partial charge in [0.25, 0.3) is 5.91 Å². The van der Waals surface area contributed by atoms with Gasteiger partial charge in [-0.1, -0.05) is 47.0 Å². The summed E-state index contributed by atoms with van der Waals surface area (Å²) >= 11 is 7.73. The molecule has 1 amide bonds. The number of amides is 1. The van der Waals surface area contributed by atoms with E-state index in [1.165, 1.54) is 11.0 Å². The van der Waals surface area contributed by atoms with Crippen LogP contribution < -0.4 is 5.32 Å². The maximum Gasteiger partial charge on any atom is 0.322 e. The Bertz CT molecular complexity index is 923. The predicted octanol–water partition coefficient (Wildman–Crippen LogP) is 4.69. The summed E-state index contributed by atoms with van der Waals surface area (Å²) in [5, 5.41) is 10.9. The second kappa shape index (κ2) is 8.69. The fourth-order valence-corrected chi connectivity index (χ4v) is 2.82. The van der Waals surface area contributed by atoms with Gasteiger partial charge in [-0.15, -0.1) is 16.9 Å². The van der Waals surface area contributed by atoms with E-state index in [2.05, 4.69) is 15.5 Å². The van der Waals surface area contributed by atoms with Crippen molar-refractivity contribution in [3.8, 4) is 0 Å². The summed E-state index contributed by atoms with van der Waals surface area (Å²) in [7, 11) is 0. The first-order valence-corrected chi connectivity index (χ1v) is 9.43. The molecular formula is C19H16ClN3O2S. The number of anilines is 1. The SMILES string of the molecule is CSc1ccc(Cc2nnc(NC(=O)C=Cc3ccccc3Cl)o2)cc1. The first-order valence-electron chi connectivity index (χ1n) is 7.83. The molecule has 26 heavy (non-hydrogen) atoms. The number of halogens is 1. The minimum absolute atomic E-state index is 0.0644. The average molecular weight is 386 g/mol. The Morgan fingerprint density at radius 1 is 1.19 bits per heavy atom. The van der Waals surface area contributed by atoms with Crippen LogP contribution in [0.25, 0.3) is 6.08 Å². The molecule has 2 aromatic carbocycles. The Balaban J connectivity index is 1.59. The van der Waals surface area contributed by atoms with Gasteiger partial charge in [-0.3, -0.25) is 10.1 Å². The lowest BCUT2D eigenvalue weighted by molar-refractivity contribution is -0.112. The minimum Gasteiger partial charge on any atom is -0.407 e. The van der Waals surface area contributed by atoms with Gasteiger partial charge in [0.05, 0.1) is 6.42 Å². The van der Waals surface area contributed by atoms with E-state index >= 15 is 0 Å². The van der Waals surface area contributed by atoms with E-state index in [0.717, 1.165) is 11.1 Å². The van der Waals surface area contributed by atoms with Crippen LogP contribution in [0.4, 0.5) is 6.01 Å². The summed E-state index contributed by atoms with van der Waals surface area (Å²) in [6, 6.07) is 15.4. The summed E-state index contributed by atoms with van der Waals surface area (Å²) in [6.07, 6.45) is 5.53. The lowest BCUT2D eigenvalue weighted by Crippen LogP contribution is -2.07. The quantitative estimate of drug-likeness (QED) is 0.492. The second-order valence-corrected chi connectivity index (χ2v) is 6.66. The second-order valence-electron chi connectivity index (χ2n) is 5.37. The fourth-order valence-electron chi connectivity index (χ4n) is 2.22. The van der Waals surface area contributed by atoms with Crippen LogP contribution in [-0.2, 0) is 11.2 Å². The molecule has 132 valence electrons. The number of hydrogen-bond acceptors (Lipinski definition) is 5. The molecule has 7 heteroatoms. The van der Waals surface area contributed by atoms with E-state index < -0.39 is 0 Å². The van der Waals surface area contributed by atoms with Crippen molar-refractivity contribution in [3.05, 3.63) is 76.6 Å². The van der Waals surface area contributed by atoms with Crippen LogP contribution in [0.15, 0.2) is 63.9 Å². The smallest absolute Gasteiger partial charge is 0.322 e. The molecule has 0 bridgehead atoms. The zero-order valence-electron chi connectivity index (χ0n) is 14.0. The maximum atomic E-state index is 12.0. The van der Waals surface area contributed by atoms with E-state index in [0.29, 0.717) is 17.3 Å². The van der Waals surface area contributed by atoms with Crippen molar-refractivity contribution in [1.29, 1.82) is 0 Å². The minimum atomic E-state index is -0.371. The zero-order valence-corrected chi connectivity index (χ0v) is 15.6. The molecule has 1 aromatic heterocycles. The molecule has 1 N–H and O–H groups in total. The molecule has 0 radical (unpaired) electrons. The molecule has 0 fully saturated rings. The van der Waals surface area contributed by atoms with Crippen LogP contribution >= 0.6 is 23.4 Å². The highest BCUT2D eigenvalue weighted by Gasteiger charge is 2.09. The van der Waals surface area contributed by atoms with Crippen molar-refractivity contribution in [2.75, 3.05) is 11.6 Å². The third kappa shape index (κ3) is 4.97. The number of carbonyl (C=O) groups is 1. The molecule has 0 aliphatic heterocycles. The molecule has 5 nitrogen and oxygen atoms in total. The topological polar surface area (TPSA) is 68.0 Å². The van der Waals surface area contributed by atoms with Crippen LogP contribution in [-0.4, -0.2) is 22.4 Å². The number of nitrogens with one attached hydrogen (secondary N) is 1. The number of aromatic nitrogens is 2. The van der Waals surface area contributed by atoms with Gasteiger partial charge < -0.3 is 4.42 Å². The fraction of sp³-hybridized carbons (Fsp3) is 0.105. The molecule has 3 rings (SSSR count). The number of nitrogens with zero attached hydrogens (tertiary/aromatic N) is 2. The normalized spacial score (nSPS) is 11.0. The van der Waals surface area contributed by atoms with Gasteiger partial charge in [-0.2, -0.15) is 0 Å². The van der Waals surface area contributed by atoms with Crippen molar-refractivity contribution in [3.63, 3.8) is 0 Å². The predicted molar refractivity (Wildman–Crippen MR) is 104 cm³/mol. The van der Waals surface area contributed by atoms with Gasteiger partial charge in [0.2, 0.25) is 5.89 Å². The Morgan fingerprint density at radius 2 is 1.96 bits per heavy atom. The van der Waals surface area contributed by atoms with Gasteiger partial charge >= 0.3 is 6.01 Å². The van der Waals surface area contributed by atoms with Gasteiger partial charge in [0.15, 0.2) is 0 Å². The van der Waals surface area contributed by atoms with Crippen molar-refractivity contribution < 1.29 is 9.21 Å². The van der Waals surface area contributed by atoms with Crippen LogP contribution in [0.1, 0.15) is 17.0 Å². The lowest BCUT2D eigenvalue weighted by atomic mass is 10.1. The summed E-state index contributed by atoms with van der Waals surface area (Å²) in [5.74, 6) is 0.0664. The highest BCUT2D eigenvalue weighted by Crippen LogP contribution is 2.18. The van der Waals surface area contributed by atoms with Crippen LogP contribution in [0.2, 0.25) is 5.02 Å². The number of thioether (sulfide) groups is 1. The van der Waals surface area contributed by atoms with E-state index in [1.807, 2.05) is 48.7 Å². The summed E-state index contributed by atoms with van der Waals surface area (Å²) in [5.41, 5.74) is 1.81. The van der Waals surface area contributed by atoms with Crippen molar-refractivity contribution >= 4 is 41.4 Å². The Hall–Kier alpha value is -2.57. The maximum absolute atomic E-state index is 12.0. The molecule has 0 aliphatic carbocycles. The molecule has 3 aromatic rings. The molecule has 0 saturated carbocycles. The summed E-state index contributed by atoms with van der Waals surface area (Å²) in [4.78, 5) is 13.2. The molecule has 0 saturated heterocycles. The zero-order chi connectivity index (χ0) is 18.4. The van der Waals surface area contributed by atoms with Crippen LogP contribution in [0, 0.1) is 0 Å². The average Bonchev–Trinajstić information content (AvgIpc) is 3.08.